The minimum absolute atomic E-state index is 0.770. The molecule has 0 radical (unpaired) electrons. The van der Waals surface area contributed by atoms with Crippen LogP contribution in [0.15, 0.2) is 22.7 Å². The Morgan fingerprint density at radius 1 is 1.05 bits per heavy atom. The molecule has 1 heterocycles. The van der Waals surface area contributed by atoms with E-state index in [1.807, 2.05) is 0 Å². The summed E-state index contributed by atoms with van der Waals surface area (Å²) >= 11 is 3.75. The molecule has 0 aromatic heterocycles. The van der Waals surface area contributed by atoms with Gasteiger partial charge in [0.15, 0.2) is 0 Å². The van der Waals surface area contributed by atoms with Crippen LogP contribution >= 0.6 is 15.9 Å². The van der Waals surface area contributed by atoms with Crippen molar-refractivity contribution in [2.75, 3.05) is 31.1 Å². The van der Waals surface area contributed by atoms with E-state index in [2.05, 4.69) is 49.2 Å². The van der Waals surface area contributed by atoms with Crippen LogP contribution in [0.4, 0.5) is 5.69 Å². The Hall–Kier alpha value is -0.580. The first-order valence-corrected chi connectivity index (χ1v) is 9.10. The summed E-state index contributed by atoms with van der Waals surface area (Å²) in [5, 5.41) is 3.59. The van der Waals surface area contributed by atoms with Crippen molar-refractivity contribution in [1.82, 2.24) is 10.2 Å². The zero-order valence-electron chi connectivity index (χ0n) is 12.5. The number of rotatable bonds is 5. The van der Waals surface area contributed by atoms with Gasteiger partial charge >= 0.3 is 0 Å². The summed E-state index contributed by atoms with van der Waals surface area (Å²) in [5.74, 6) is 0. The largest absolute Gasteiger partial charge is 0.369 e. The van der Waals surface area contributed by atoms with Gasteiger partial charge in [-0.3, -0.25) is 4.90 Å². The third-order valence-electron chi connectivity index (χ3n) is 4.94. The van der Waals surface area contributed by atoms with Crippen LogP contribution in [0.5, 0.6) is 0 Å². The molecule has 3 nitrogen and oxygen atoms in total. The fourth-order valence-electron chi connectivity index (χ4n) is 3.20. The van der Waals surface area contributed by atoms with Gasteiger partial charge in [-0.15, -0.1) is 0 Å². The van der Waals surface area contributed by atoms with Crippen LogP contribution < -0.4 is 10.2 Å². The van der Waals surface area contributed by atoms with Crippen molar-refractivity contribution in [3.8, 4) is 0 Å². The van der Waals surface area contributed by atoms with Gasteiger partial charge in [-0.2, -0.15) is 0 Å². The Kier molecular flexibility index (Phi) is 3.94. The highest BCUT2D eigenvalue weighted by molar-refractivity contribution is 9.10. The summed E-state index contributed by atoms with van der Waals surface area (Å²) in [5.41, 5.74) is 2.75. The molecule has 0 bridgehead atoms. The maximum Gasteiger partial charge on any atom is 0.0378 e. The summed E-state index contributed by atoms with van der Waals surface area (Å²) in [6, 6.07) is 8.56. The van der Waals surface area contributed by atoms with Crippen LogP contribution in [0, 0.1) is 0 Å². The summed E-state index contributed by atoms with van der Waals surface area (Å²) in [7, 11) is 0. The minimum atomic E-state index is 0.770. The molecule has 4 rings (SSSR count). The third kappa shape index (κ3) is 3.43. The van der Waals surface area contributed by atoms with Crippen LogP contribution in [0.2, 0.25) is 0 Å². The third-order valence-corrected chi connectivity index (χ3v) is 5.68. The molecule has 2 saturated carbocycles. The van der Waals surface area contributed by atoms with E-state index in [0.717, 1.165) is 18.6 Å². The van der Waals surface area contributed by atoms with Gasteiger partial charge in [-0.1, -0.05) is 22.0 Å². The Bertz CT molecular complexity index is 503. The lowest BCUT2D eigenvalue weighted by Crippen LogP contribution is -2.47. The molecular formula is C17H24BrN3. The summed E-state index contributed by atoms with van der Waals surface area (Å²) in [4.78, 5) is 5.20. The van der Waals surface area contributed by atoms with Gasteiger partial charge in [-0.25, -0.2) is 0 Å². The first-order chi connectivity index (χ1) is 10.3. The van der Waals surface area contributed by atoms with E-state index in [9.17, 15) is 0 Å². The predicted octanol–water partition coefficient (Wildman–Crippen LogP) is 2.99. The van der Waals surface area contributed by atoms with Gasteiger partial charge < -0.3 is 10.2 Å². The second-order valence-corrected chi connectivity index (χ2v) is 7.54. The van der Waals surface area contributed by atoms with Crippen LogP contribution in [0.25, 0.3) is 0 Å². The van der Waals surface area contributed by atoms with E-state index in [4.69, 9.17) is 0 Å². The van der Waals surface area contributed by atoms with E-state index in [1.165, 1.54) is 67.6 Å². The number of hydrogen-bond acceptors (Lipinski definition) is 3. The lowest BCUT2D eigenvalue weighted by molar-refractivity contribution is 0.248. The molecule has 3 fully saturated rings. The first kappa shape index (κ1) is 14.0. The Labute approximate surface area is 135 Å². The molecule has 21 heavy (non-hydrogen) atoms. The highest BCUT2D eigenvalue weighted by Crippen LogP contribution is 2.30. The highest BCUT2D eigenvalue weighted by Gasteiger charge is 2.31. The Balaban J connectivity index is 1.37. The van der Waals surface area contributed by atoms with Crippen LogP contribution in [0.1, 0.15) is 31.2 Å². The van der Waals surface area contributed by atoms with Gasteiger partial charge in [0.05, 0.1) is 0 Å². The van der Waals surface area contributed by atoms with Crippen LogP contribution in [0.3, 0.4) is 0 Å². The molecule has 0 amide bonds. The monoisotopic (exact) mass is 349 g/mol. The molecule has 1 aliphatic heterocycles. The number of hydrogen-bond donors (Lipinski definition) is 1. The maximum absolute atomic E-state index is 3.75. The SMILES string of the molecule is Brc1cc(N2CCN(C3CC3)CC2)ccc1CNC1CC1. The molecule has 4 heteroatoms. The standard InChI is InChI=1S/C17H24BrN3/c18-17-11-16(4-1-13(17)12-19-14-2-3-14)21-9-7-20(8-10-21)15-5-6-15/h1,4,11,14-15,19H,2-3,5-10,12H2. The smallest absolute Gasteiger partial charge is 0.0378 e. The van der Waals surface area contributed by atoms with Crippen molar-refractivity contribution in [3.63, 3.8) is 0 Å². The molecule has 1 aromatic carbocycles. The average molecular weight is 350 g/mol. The van der Waals surface area contributed by atoms with E-state index >= 15 is 0 Å². The highest BCUT2D eigenvalue weighted by atomic mass is 79.9. The topological polar surface area (TPSA) is 18.5 Å². The lowest BCUT2D eigenvalue weighted by Gasteiger charge is -2.36. The number of halogens is 1. The number of nitrogens with zero attached hydrogens (tertiary/aromatic N) is 2. The molecule has 1 aromatic rings. The lowest BCUT2D eigenvalue weighted by atomic mass is 10.1. The predicted molar refractivity (Wildman–Crippen MR) is 90.8 cm³/mol. The van der Waals surface area contributed by atoms with E-state index < -0.39 is 0 Å². The molecule has 0 unspecified atom stereocenters. The minimum Gasteiger partial charge on any atom is -0.369 e. The molecule has 3 aliphatic rings. The molecule has 114 valence electrons. The summed E-state index contributed by atoms with van der Waals surface area (Å²) in [6.45, 7) is 5.78. The van der Waals surface area contributed by atoms with Crippen molar-refractivity contribution in [1.29, 1.82) is 0 Å². The van der Waals surface area contributed by atoms with Crippen LogP contribution in [-0.2, 0) is 6.54 Å². The van der Waals surface area contributed by atoms with Crippen molar-refractivity contribution < 1.29 is 0 Å². The normalized spacial score (nSPS) is 23.6. The maximum atomic E-state index is 3.75. The summed E-state index contributed by atoms with van der Waals surface area (Å²) < 4.78 is 1.25. The molecule has 2 aliphatic carbocycles. The number of anilines is 1. The van der Waals surface area contributed by atoms with E-state index in [0.29, 0.717) is 0 Å². The van der Waals surface area contributed by atoms with Gasteiger partial charge in [0.25, 0.3) is 0 Å². The van der Waals surface area contributed by atoms with Gasteiger partial charge in [0.2, 0.25) is 0 Å². The van der Waals surface area contributed by atoms with E-state index in [-0.39, 0.29) is 0 Å². The number of piperazine rings is 1. The van der Waals surface area contributed by atoms with Crippen molar-refractivity contribution in [2.24, 2.45) is 0 Å². The second kappa shape index (κ2) is 5.90. The quantitative estimate of drug-likeness (QED) is 0.881. The fourth-order valence-corrected chi connectivity index (χ4v) is 3.71. The molecule has 0 spiro atoms. The zero-order chi connectivity index (χ0) is 14.2. The average Bonchev–Trinajstić information content (AvgIpc) is 3.39. The summed E-state index contributed by atoms with van der Waals surface area (Å²) in [6.07, 6.45) is 5.55. The van der Waals surface area contributed by atoms with Crippen molar-refractivity contribution in [3.05, 3.63) is 28.2 Å². The van der Waals surface area contributed by atoms with E-state index in [1.54, 1.807) is 0 Å². The molecule has 1 saturated heterocycles. The number of nitrogens with one attached hydrogen (secondary N) is 1. The molecular weight excluding hydrogens is 326 g/mol. The van der Waals surface area contributed by atoms with Crippen LogP contribution in [-0.4, -0.2) is 43.2 Å². The Morgan fingerprint density at radius 3 is 2.43 bits per heavy atom. The molecule has 1 N–H and O–H groups in total. The van der Waals surface area contributed by atoms with Crippen molar-refractivity contribution >= 4 is 21.6 Å². The van der Waals surface area contributed by atoms with Crippen molar-refractivity contribution in [2.45, 2.75) is 44.3 Å². The first-order valence-electron chi connectivity index (χ1n) is 8.30. The fraction of sp³-hybridized carbons (Fsp3) is 0.647. The van der Waals surface area contributed by atoms with Gasteiger partial charge in [-0.05, 0) is 43.4 Å². The zero-order valence-corrected chi connectivity index (χ0v) is 14.1. The molecule has 0 atom stereocenters. The van der Waals surface area contributed by atoms with Gasteiger partial charge in [0.1, 0.15) is 0 Å². The second-order valence-electron chi connectivity index (χ2n) is 6.69. The Morgan fingerprint density at radius 2 is 1.81 bits per heavy atom. The number of benzene rings is 1. The van der Waals surface area contributed by atoms with Gasteiger partial charge in [0, 0.05) is 55.0 Å².